The molecule has 1 aliphatic heterocycles. The van der Waals surface area contributed by atoms with Gasteiger partial charge < -0.3 is 15.2 Å². The second-order valence-corrected chi connectivity index (χ2v) is 3.75. The molecule has 2 N–H and O–H groups in total. The molecule has 2 rings (SSSR count). The molecule has 0 amide bonds. The maximum absolute atomic E-state index is 13.5. The number of nitro groups is 1. The van der Waals surface area contributed by atoms with Crippen LogP contribution in [-0.4, -0.2) is 35.3 Å². The summed E-state index contributed by atoms with van der Waals surface area (Å²) in [5.41, 5.74) is -0.333. The highest BCUT2D eigenvalue weighted by Gasteiger charge is 2.27. The van der Waals surface area contributed by atoms with Crippen LogP contribution in [0.5, 0.6) is 5.75 Å². The van der Waals surface area contributed by atoms with Gasteiger partial charge in [-0.2, -0.15) is 0 Å². The lowest BCUT2D eigenvalue weighted by atomic mass is 10.2. The molecule has 0 aromatic heterocycles. The highest BCUT2D eigenvalue weighted by molar-refractivity contribution is 5.37. The monoisotopic (exact) mass is 242 g/mol. The van der Waals surface area contributed by atoms with Gasteiger partial charge >= 0.3 is 0 Å². The standard InChI is InChI=1S/C10H11FN2O4/c11-7-3-6(13(15)16)1-2-9(7)17-10-5-12-4-8(10)14/h1-3,8,10,12,14H,4-5H2/t8-,10-/m0/s1. The lowest BCUT2D eigenvalue weighted by Crippen LogP contribution is -2.30. The fraction of sp³-hybridized carbons (Fsp3) is 0.400. The molecule has 1 heterocycles. The average molecular weight is 242 g/mol. The Morgan fingerprint density at radius 1 is 1.53 bits per heavy atom. The molecule has 0 radical (unpaired) electrons. The van der Waals surface area contributed by atoms with Gasteiger partial charge in [-0.05, 0) is 6.07 Å². The normalized spacial score (nSPS) is 23.6. The second kappa shape index (κ2) is 4.64. The van der Waals surface area contributed by atoms with E-state index in [4.69, 9.17) is 4.74 Å². The van der Waals surface area contributed by atoms with Crippen molar-refractivity contribution < 1.29 is 19.2 Å². The molecule has 0 saturated carbocycles. The van der Waals surface area contributed by atoms with Crippen LogP contribution < -0.4 is 10.1 Å². The van der Waals surface area contributed by atoms with Crippen LogP contribution in [0.15, 0.2) is 18.2 Å². The third-order valence-corrected chi connectivity index (χ3v) is 2.53. The first-order valence-corrected chi connectivity index (χ1v) is 5.07. The Bertz CT molecular complexity index is 440. The summed E-state index contributed by atoms with van der Waals surface area (Å²) in [5.74, 6) is -0.901. The Balaban J connectivity index is 2.14. The van der Waals surface area contributed by atoms with Gasteiger partial charge in [-0.15, -0.1) is 0 Å². The van der Waals surface area contributed by atoms with Crippen molar-refractivity contribution in [3.8, 4) is 5.75 Å². The van der Waals surface area contributed by atoms with E-state index in [0.717, 1.165) is 12.1 Å². The summed E-state index contributed by atoms with van der Waals surface area (Å²) in [6.07, 6.45) is -1.24. The number of hydrogen-bond acceptors (Lipinski definition) is 5. The van der Waals surface area contributed by atoms with Crippen LogP contribution in [0, 0.1) is 15.9 Å². The Kier molecular flexibility index (Phi) is 3.21. The summed E-state index contributed by atoms with van der Waals surface area (Å²) in [6, 6.07) is 3.15. The number of hydrogen-bond donors (Lipinski definition) is 2. The highest BCUT2D eigenvalue weighted by atomic mass is 19.1. The lowest BCUT2D eigenvalue weighted by molar-refractivity contribution is -0.385. The van der Waals surface area contributed by atoms with Gasteiger partial charge in [0.15, 0.2) is 11.6 Å². The molecular weight excluding hydrogens is 231 g/mol. The number of non-ortho nitro benzene ring substituents is 1. The molecule has 1 fully saturated rings. The predicted molar refractivity (Wildman–Crippen MR) is 56.3 cm³/mol. The van der Waals surface area contributed by atoms with E-state index < -0.39 is 22.9 Å². The molecule has 92 valence electrons. The first-order valence-electron chi connectivity index (χ1n) is 5.07. The van der Waals surface area contributed by atoms with Crippen molar-refractivity contribution in [1.29, 1.82) is 0 Å². The number of nitrogens with one attached hydrogen (secondary N) is 1. The first kappa shape index (κ1) is 11.7. The molecule has 7 heteroatoms. The fourth-order valence-corrected chi connectivity index (χ4v) is 1.62. The van der Waals surface area contributed by atoms with Crippen LogP contribution >= 0.6 is 0 Å². The van der Waals surface area contributed by atoms with E-state index in [1.807, 2.05) is 0 Å². The average Bonchev–Trinajstić information content (AvgIpc) is 2.67. The summed E-state index contributed by atoms with van der Waals surface area (Å²) in [7, 11) is 0. The van der Waals surface area contributed by atoms with Crippen LogP contribution in [0.25, 0.3) is 0 Å². The highest BCUT2D eigenvalue weighted by Crippen LogP contribution is 2.24. The zero-order valence-electron chi connectivity index (χ0n) is 8.80. The van der Waals surface area contributed by atoms with Crippen LogP contribution in [0.1, 0.15) is 0 Å². The minimum absolute atomic E-state index is 0.0941. The van der Waals surface area contributed by atoms with Crippen molar-refractivity contribution in [1.82, 2.24) is 5.32 Å². The quantitative estimate of drug-likeness (QED) is 0.593. The van der Waals surface area contributed by atoms with Crippen molar-refractivity contribution in [2.75, 3.05) is 13.1 Å². The van der Waals surface area contributed by atoms with E-state index in [1.54, 1.807) is 0 Å². The molecule has 1 aromatic rings. The number of β-amino-alcohol motifs (C(OH)–C–C–N with tert-alkyl or cyclic N) is 1. The fourth-order valence-electron chi connectivity index (χ4n) is 1.62. The first-order chi connectivity index (χ1) is 8.08. The number of ether oxygens (including phenoxy) is 1. The molecule has 1 saturated heterocycles. The van der Waals surface area contributed by atoms with Gasteiger partial charge in [-0.25, -0.2) is 4.39 Å². The molecule has 2 atom stereocenters. The van der Waals surface area contributed by atoms with Gasteiger partial charge in [0, 0.05) is 19.2 Å². The maximum atomic E-state index is 13.5. The van der Waals surface area contributed by atoms with Crippen LogP contribution in [0.4, 0.5) is 10.1 Å². The molecule has 0 spiro atoms. The molecule has 1 aliphatic rings. The van der Waals surface area contributed by atoms with E-state index in [0.29, 0.717) is 13.1 Å². The van der Waals surface area contributed by atoms with E-state index in [9.17, 15) is 19.6 Å². The number of aliphatic hydroxyl groups excluding tert-OH is 1. The Morgan fingerprint density at radius 3 is 2.82 bits per heavy atom. The van der Waals surface area contributed by atoms with E-state index in [2.05, 4.69) is 5.32 Å². The number of aliphatic hydroxyl groups is 1. The van der Waals surface area contributed by atoms with E-state index >= 15 is 0 Å². The summed E-state index contributed by atoms with van der Waals surface area (Å²) in [6.45, 7) is 0.802. The Labute approximate surface area is 96.2 Å². The van der Waals surface area contributed by atoms with Crippen molar-refractivity contribution in [3.63, 3.8) is 0 Å². The Morgan fingerprint density at radius 2 is 2.29 bits per heavy atom. The molecule has 17 heavy (non-hydrogen) atoms. The summed E-state index contributed by atoms with van der Waals surface area (Å²) in [4.78, 5) is 9.73. The van der Waals surface area contributed by atoms with Crippen LogP contribution in [0.2, 0.25) is 0 Å². The van der Waals surface area contributed by atoms with Gasteiger partial charge in [0.25, 0.3) is 5.69 Å². The number of nitrogens with zero attached hydrogens (tertiary/aromatic N) is 1. The van der Waals surface area contributed by atoms with Gasteiger partial charge in [-0.3, -0.25) is 10.1 Å². The van der Waals surface area contributed by atoms with Crippen molar-refractivity contribution in [3.05, 3.63) is 34.1 Å². The smallest absolute Gasteiger partial charge is 0.272 e. The molecule has 0 aliphatic carbocycles. The molecule has 0 bridgehead atoms. The van der Waals surface area contributed by atoms with E-state index in [-0.39, 0.29) is 11.4 Å². The van der Waals surface area contributed by atoms with Crippen LogP contribution in [-0.2, 0) is 0 Å². The van der Waals surface area contributed by atoms with Gasteiger partial charge in [0.1, 0.15) is 12.2 Å². The number of rotatable bonds is 3. The zero-order valence-corrected chi connectivity index (χ0v) is 8.80. The minimum Gasteiger partial charge on any atom is -0.483 e. The molecule has 0 unspecified atom stereocenters. The van der Waals surface area contributed by atoms with Crippen molar-refractivity contribution in [2.45, 2.75) is 12.2 Å². The number of halogens is 1. The molecule has 6 nitrogen and oxygen atoms in total. The van der Waals surface area contributed by atoms with Crippen molar-refractivity contribution in [2.24, 2.45) is 0 Å². The van der Waals surface area contributed by atoms with Gasteiger partial charge in [-0.1, -0.05) is 0 Å². The summed E-state index contributed by atoms with van der Waals surface area (Å²) >= 11 is 0. The Hall–Kier alpha value is -1.73. The van der Waals surface area contributed by atoms with E-state index in [1.165, 1.54) is 6.07 Å². The van der Waals surface area contributed by atoms with Crippen molar-refractivity contribution >= 4 is 5.69 Å². The van der Waals surface area contributed by atoms with Crippen LogP contribution in [0.3, 0.4) is 0 Å². The zero-order chi connectivity index (χ0) is 12.4. The molecule has 1 aromatic carbocycles. The predicted octanol–water partition coefficient (Wildman–Crippen LogP) is 0.445. The third kappa shape index (κ3) is 2.51. The maximum Gasteiger partial charge on any atom is 0.272 e. The molecular formula is C10H11FN2O4. The summed E-state index contributed by atoms with van der Waals surface area (Å²) < 4.78 is 18.7. The lowest BCUT2D eigenvalue weighted by Gasteiger charge is -2.16. The SMILES string of the molecule is O=[N+]([O-])c1ccc(O[C@H]2CNC[C@@H]2O)c(F)c1. The number of nitro benzene ring substituents is 1. The number of benzene rings is 1. The minimum atomic E-state index is -0.807. The largest absolute Gasteiger partial charge is 0.483 e. The summed E-state index contributed by atoms with van der Waals surface area (Å²) in [5, 5.41) is 22.8. The van der Waals surface area contributed by atoms with Gasteiger partial charge in [0.2, 0.25) is 0 Å². The third-order valence-electron chi connectivity index (χ3n) is 2.53. The topological polar surface area (TPSA) is 84.6 Å². The second-order valence-electron chi connectivity index (χ2n) is 3.75. The van der Waals surface area contributed by atoms with Gasteiger partial charge in [0.05, 0.1) is 11.0 Å².